The third-order valence-electron chi connectivity index (χ3n) is 3.26. The molecule has 0 fully saturated rings. The highest BCUT2D eigenvalue weighted by Gasteiger charge is 2.16. The second-order valence-corrected chi connectivity index (χ2v) is 4.82. The second-order valence-electron chi connectivity index (χ2n) is 4.82. The van der Waals surface area contributed by atoms with Crippen LogP contribution in [0.4, 0.5) is 5.69 Å². The molecule has 2 aromatic carbocycles. The number of aliphatic hydroxyl groups is 1. The molecule has 2 N–H and O–H groups in total. The summed E-state index contributed by atoms with van der Waals surface area (Å²) in [4.78, 5) is 12.2. The molecule has 1 heterocycles. The number of carbonyl (C=O) groups excluding carboxylic acids is 1. The van der Waals surface area contributed by atoms with Crippen molar-refractivity contribution in [1.29, 1.82) is 0 Å². The second kappa shape index (κ2) is 5.46. The summed E-state index contributed by atoms with van der Waals surface area (Å²) in [5.74, 6) is 0.971. The molecule has 0 saturated carbocycles. The Balaban J connectivity index is 1.78. The minimum absolute atomic E-state index is 0.177. The molecule has 1 aliphatic heterocycles. The monoisotopic (exact) mass is 285 g/mol. The lowest BCUT2D eigenvalue weighted by Crippen LogP contribution is -2.12. The largest absolute Gasteiger partial charge is 0.454 e. The molecule has 1 aliphatic rings. The SMILES string of the molecule is C[C@H](O)c1cccc(NC(=O)c2ccc3c(c2)OCO3)c1. The van der Waals surface area contributed by atoms with Gasteiger partial charge < -0.3 is 19.9 Å². The number of hydrogen-bond acceptors (Lipinski definition) is 4. The molecule has 0 aliphatic carbocycles. The smallest absolute Gasteiger partial charge is 0.255 e. The highest BCUT2D eigenvalue weighted by molar-refractivity contribution is 6.04. The number of aliphatic hydroxyl groups excluding tert-OH is 1. The molecule has 2 aromatic rings. The summed E-state index contributed by atoms with van der Waals surface area (Å²) in [6, 6.07) is 12.2. The van der Waals surface area contributed by atoms with Crippen LogP contribution in [0, 0.1) is 0 Å². The van der Waals surface area contributed by atoms with E-state index in [1.807, 2.05) is 0 Å². The van der Waals surface area contributed by atoms with Gasteiger partial charge in [0.2, 0.25) is 6.79 Å². The van der Waals surface area contributed by atoms with E-state index in [0.717, 1.165) is 5.56 Å². The Bertz CT molecular complexity index is 682. The van der Waals surface area contributed by atoms with E-state index in [9.17, 15) is 9.90 Å². The standard InChI is InChI=1S/C16H15NO4/c1-10(18)11-3-2-4-13(7-11)17-16(19)12-5-6-14-15(8-12)21-9-20-14/h2-8,10,18H,9H2,1H3,(H,17,19)/t10-/m0/s1. The van der Waals surface area contributed by atoms with E-state index in [1.54, 1.807) is 49.4 Å². The van der Waals surface area contributed by atoms with E-state index in [0.29, 0.717) is 22.7 Å². The number of carbonyl (C=O) groups is 1. The molecule has 0 radical (unpaired) electrons. The summed E-state index contributed by atoms with van der Waals surface area (Å²) >= 11 is 0. The zero-order chi connectivity index (χ0) is 14.8. The maximum Gasteiger partial charge on any atom is 0.255 e. The number of fused-ring (bicyclic) bond motifs is 1. The zero-order valence-electron chi connectivity index (χ0n) is 11.5. The fourth-order valence-corrected chi connectivity index (χ4v) is 2.12. The first-order chi connectivity index (χ1) is 10.1. The van der Waals surface area contributed by atoms with Crippen LogP contribution >= 0.6 is 0 Å². The van der Waals surface area contributed by atoms with Crippen molar-refractivity contribution in [2.75, 3.05) is 12.1 Å². The minimum atomic E-state index is -0.576. The van der Waals surface area contributed by atoms with E-state index in [-0.39, 0.29) is 12.7 Å². The van der Waals surface area contributed by atoms with Crippen LogP contribution in [-0.4, -0.2) is 17.8 Å². The van der Waals surface area contributed by atoms with E-state index in [1.165, 1.54) is 0 Å². The Morgan fingerprint density at radius 2 is 2.00 bits per heavy atom. The Hall–Kier alpha value is -2.53. The van der Waals surface area contributed by atoms with Crippen molar-refractivity contribution in [3.63, 3.8) is 0 Å². The van der Waals surface area contributed by atoms with Crippen LogP contribution in [0.2, 0.25) is 0 Å². The van der Waals surface area contributed by atoms with Crippen molar-refractivity contribution in [1.82, 2.24) is 0 Å². The summed E-state index contributed by atoms with van der Waals surface area (Å²) in [5.41, 5.74) is 1.87. The van der Waals surface area contributed by atoms with Crippen molar-refractivity contribution < 1.29 is 19.4 Å². The first-order valence-corrected chi connectivity index (χ1v) is 6.62. The average Bonchev–Trinajstić information content (AvgIpc) is 2.94. The van der Waals surface area contributed by atoms with Crippen LogP contribution in [-0.2, 0) is 0 Å². The first-order valence-electron chi connectivity index (χ1n) is 6.62. The number of amides is 1. The van der Waals surface area contributed by atoms with Crippen molar-refractivity contribution in [3.05, 3.63) is 53.6 Å². The lowest BCUT2D eigenvalue weighted by Gasteiger charge is -2.09. The molecule has 0 saturated heterocycles. The lowest BCUT2D eigenvalue weighted by atomic mass is 10.1. The van der Waals surface area contributed by atoms with E-state index in [4.69, 9.17) is 9.47 Å². The van der Waals surface area contributed by atoms with E-state index in [2.05, 4.69) is 5.32 Å². The Kier molecular flexibility index (Phi) is 3.50. The molecule has 0 aromatic heterocycles. The van der Waals surface area contributed by atoms with Gasteiger partial charge in [-0.15, -0.1) is 0 Å². The van der Waals surface area contributed by atoms with E-state index < -0.39 is 6.10 Å². The Morgan fingerprint density at radius 1 is 1.19 bits per heavy atom. The van der Waals surface area contributed by atoms with Crippen molar-refractivity contribution >= 4 is 11.6 Å². The van der Waals surface area contributed by atoms with Gasteiger partial charge in [-0.05, 0) is 42.8 Å². The summed E-state index contributed by atoms with van der Waals surface area (Å²) in [5, 5.41) is 12.4. The number of rotatable bonds is 3. The van der Waals surface area contributed by atoms with Crippen LogP contribution in [0.1, 0.15) is 28.9 Å². The van der Waals surface area contributed by atoms with Gasteiger partial charge in [-0.2, -0.15) is 0 Å². The van der Waals surface area contributed by atoms with Gasteiger partial charge in [0.25, 0.3) is 5.91 Å². The average molecular weight is 285 g/mol. The molecule has 1 atom stereocenters. The maximum absolute atomic E-state index is 12.2. The molecule has 21 heavy (non-hydrogen) atoms. The number of benzene rings is 2. The molecule has 0 spiro atoms. The number of ether oxygens (including phenoxy) is 2. The van der Waals surface area contributed by atoms with Gasteiger partial charge in [-0.1, -0.05) is 12.1 Å². The maximum atomic E-state index is 12.2. The number of nitrogens with one attached hydrogen (secondary N) is 1. The third kappa shape index (κ3) is 2.83. The zero-order valence-corrected chi connectivity index (χ0v) is 11.5. The quantitative estimate of drug-likeness (QED) is 0.910. The predicted octanol–water partition coefficient (Wildman–Crippen LogP) is 2.72. The first kappa shape index (κ1) is 13.5. The molecular weight excluding hydrogens is 270 g/mol. The van der Waals surface area contributed by atoms with Crippen LogP contribution in [0.25, 0.3) is 0 Å². The minimum Gasteiger partial charge on any atom is -0.454 e. The number of anilines is 1. The fraction of sp³-hybridized carbons (Fsp3) is 0.188. The van der Waals surface area contributed by atoms with Gasteiger partial charge in [0.15, 0.2) is 11.5 Å². The van der Waals surface area contributed by atoms with E-state index >= 15 is 0 Å². The molecule has 0 bridgehead atoms. The van der Waals surface area contributed by atoms with Gasteiger partial charge in [0, 0.05) is 11.3 Å². The third-order valence-corrected chi connectivity index (χ3v) is 3.26. The van der Waals surface area contributed by atoms with Crippen molar-refractivity contribution in [2.45, 2.75) is 13.0 Å². The molecular formula is C16H15NO4. The molecule has 0 unspecified atom stereocenters. The summed E-state index contributed by atoms with van der Waals surface area (Å²) < 4.78 is 10.5. The van der Waals surface area contributed by atoms with Crippen LogP contribution in [0.5, 0.6) is 11.5 Å². The highest BCUT2D eigenvalue weighted by atomic mass is 16.7. The van der Waals surface area contributed by atoms with Crippen LogP contribution in [0.15, 0.2) is 42.5 Å². The van der Waals surface area contributed by atoms with Crippen molar-refractivity contribution in [2.24, 2.45) is 0 Å². The van der Waals surface area contributed by atoms with Crippen LogP contribution < -0.4 is 14.8 Å². The lowest BCUT2D eigenvalue weighted by molar-refractivity contribution is 0.102. The van der Waals surface area contributed by atoms with Gasteiger partial charge in [-0.25, -0.2) is 0 Å². The molecule has 3 rings (SSSR count). The molecule has 5 nitrogen and oxygen atoms in total. The van der Waals surface area contributed by atoms with Gasteiger partial charge in [0.1, 0.15) is 0 Å². The fourth-order valence-electron chi connectivity index (χ4n) is 2.12. The Morgan fingerprint density at radius 3 is 2.81 bits per heavy atom. The van der Waals surface area contributed by atoms with Gasteiger partial charge in [0.05, 0.1) is 6.10 Å². The van der Waals surface area contributed by atoms with Crippen LogP contribution in [0.3, 0.4) is 0 Å². The molecule has 5 heteroatoms. The highest BCUT2D eigenvalue weighted by Crippen LogP contribution is 2.32. The number of hydrogen-bond donors (Lipinski definition) is 2. The Labute approximate surface area is 122 Å². The summed E-state index contributed by atoms with van der Waals surface area (Å²) in [6.07, 6.45) is -0.576. The van der Waals surface area contributed by atoms with Crippen molar-refractivity contribution in [3.8, 4) is 11.5 Å². The summed E-state index contributed by atoms with van der Waals surface area (Å²) in [6.45, 7) is 1.86. The summed E-state index contributed by atoms with van der Waals surface area (Å²) in [7, 11) is 0. The predicted molar refractivity (Wildman–Crippen MR) is 77.6 cm³/mol. The normalized spacial score (nSPS) is 13.8. The molecule has 108 valence electrons. The topological polar surface area (TPSA) is 67.8 Å². The van der Waals surface area contributed by atoms with Gasteiger partial charge in [-0.3, -0.25) is 4.79 Å². The molecule has 1 amide bonds. The van der Waals surface area contributed by atoms with Gasteiger partial charge >= 0.3 is 0 Å².